The maximum absolute atomic E-state index is 11.8. The van der Waals surface area contributed by atoms with Crippen LogP contribution in [0.4, 0.5) is 0 Å². The highest BCUT2D eigenvalue weighted by Gasteiger charge is 2.12. The van der Waals surface area contributed by atoms with E-state index in [9.17, 15) is 9.90 Å². The van der Waals surface area contributed by atoms with Crippen LogP contribution in [0.5, 0.6) is 11.5 Å². The maximum Gasteiger partial charge on any atom is 0.255 e. The van der Waals surface area contributed by atoms with E-state index in [0.29, 0.717) is 12.3 Å². The lowest BCUT2D eigenvalue weighted by Crippen LogP contribution is -2.29. The van der Waals surface area contributed by atoms with Crippen LogP contribution in [0.15, 0.2) is 18.2 Å². The standard InChI is InChI=1S/C12H16BrNO3/c1-3-8(13)7-14-12(16)10-5-4-9(17-2)6-11(10)15/h4-6,8,15H,3,7H2,1-2H3,(H,14,16). The Hall–Kier alpha value is -1.23. The summed E-state index contributed by atoms with van der Waals surface area (Å²) in [5.74, 6) is 0.151. The second-order valence-electron chi connectivity index (χ2n) is 3.60. The Kier molecular flexibility index (Phi) is 5.28. The molecule has 4 nitrogen and oxygen atoms in total. The Bertz CT molecular complexity index is 395. The van der Waals surface area contributed by atoms with Crippen LogP contribution in [0, 0.1) is 0 Å². The fourth-order valence-corrected chi connectivity index (χ4v) is 1.44. The number of rotatable bonds is 5. The lowest BCUT2D eigenvalue weighted by molar-refractivity contribution is 0.0951. The molecule has 1 rings (SSSR count). The van der Waals surface area contributed by atoms with E-state index in [2.05, 4.69) is 21.2 Å². The van der Waals surface area contributed by atoms with Crippen molar-refractivity contribution in [2.45, 2.75) is 18.2 Å². The first-order valence-electron chi connectivity index (χ1n) is 5.37. The first kappa shape index (κ1) is 13.8. The number of alkyl halides is 1. The third-order valence-electron chi connectivity index (χ3n) is 2.38. The smallest absolute Gasteiger partial charge is 0.255 e. The van der Waals surface area contributed by atoms with Crippen LogP contribution in [0.2, 0.25) is 0 Å². The molecule has 0 heterocycles. The van der Waals surface area contributed by atoms with Crippen LogP contribution in [0.3, 0.4) is 0 Å². The molecule has 0 aliphatic heterocycles. The van der Waals surface area contributed by atoms with E-state index in [1.807, 2.05) is 6.92 Å². The van der Waals surface area contributed by atoms with Crippen LogP contribution < -0.4 is 10.1 Å². The first-order chi connectivity index (χ1) is 8.08. The van der Waals surface area contributed by atoms with E-state index in [1.165, 1.54) is 13.2 Å². The molecule has 0 radical (unpaired) electrons. The summed E-state index contributed by atoms with van der Waals surface area (Å²) in [4.78, 5) is 12.0. The predicted octanol–water partition coefficient (Wildman–Crippen LogP) is 2.30. The summed E-state index contributed by atoms with van der Waals surface area (Å²) in [5.41, 5.74) is 0.251. The normalized spacial score (nSPS) is 11.9. The molecule has 2 N–H and O–H groups in total. The van der Waals surface area contributed by atoms with Crippen molar-refractivity contribution in [3.63, 3.8) is 0 Å². The Morgan fingerprint density at radius 1 is 1.59 bits per heavy atom. The Morgan fingerprint density at radius 3 is 2.82 bits per heavy atom. The largest absolute Gasteiger partial charge is 0.507 e. The minimum absolute atomic E-state index is 0.0792. The van der Waals surface area contributed by atoms with Crippen molar-refractivity contribution in [3.05, 3.63) is 23.8 Å². The van der Waals surface area contributed by atoms with Crippen molar-refractivity contribution in [2.24, 2.45) is 0 Å². The van der Waals surface area contributed by atoms with Gasteiger partial charge < -0.3 is 15.2 Å². The second kappa shape index (κ2) is 6.49. The van der Waals surface area contributed by atoms with Crippen LogP contribution in [-0.4, -0.2) is 29.5 Å². The third-order valence-corrected chi connectivity index (χ3v) is 3.35. The van der Waals surface area contributed by atoms with Gasteiger partial charge in [0.25, 0.3) is 5.91 Å². The van der Waals surface area contributed by atoms with Crippen molar-refractivity contribution in [3.8, 4) is 11.5 Å². The Labute approximate surface area is 109 Å². The van der Waals surface area contributed by atoms with Gasteiger partial charge in [0, 0.05) is 17.4 Å². The number of hydrogen-bond acceptors (Lipinski definition) is 3. The number of nitrogens with one attached hydrogen (secondary N) is 1. The molecule has 1 atom stereocenters. The molecule has 0 fully saturated rings. The minimum Gasteiger partial charge on any atom is -0.507 e. The molecule has 17 heavy (non-hydrogen) atoms. The molecule has 94 valence electrons. The number of carbonyl (C=O) groups is 1. The van der Waals surface area contributed by atoms with Crippen molar-refractivity contribution < 1.29 is 14.6 Å². The van der Waals surface area contributed by atoms with Crippen molar-refractivity contribution in [2.75, 3.05) is 13.7 Å². The van der Waals surface area contributed by atoms with E-state index < -0.39 is 0 Å². The van der Waals surface area contributed by atoms with Gasteiger partial charge in [0.15, 0.2) is 0 Å². The molecule has 1 unspecified atom stereocenters. The van der Waals surface area contributed by atoms with E-state index in [4.69, 9.17) is 4.74 Å². The van der Waals surface area contributed by atoms with Gasteiger partial charge >= 0.3 is 0 Å². The number of amides is 1. The molecule has 0 aromatic heterocycles. The van der Waals surface area contributed by atoms with Gasteiger partial charge in [0.05, 0.1) is 12.7 Å². The van der Waals surface area contributed by atoms with E-state index in [-0.39, 0.29) is 22.0 Å². The number of halogens is 1. The number of benzene rings is 1. The minimum atomic E-state index is -0.289. The SMILES string of the molecule is CCC(Br)CNC(=O)c1ccc(OC)cc1O. The molecule has 0 bridgehead atoms. The molecule has 1 aromatic carbocycles. The molecule has 0 saturated heterocycles. The first-order valence-corrected chi connectivity index (χ1v) is 6.29. The van der Waals surface area contributed by atoms with E-state index in [1.54, 1.807) is 12.1 Å². The maximum atomic E-state index is 11.8. The molecule has 1 amide bonds. The number of carbonyl (C=O) groups excluding carboxylic acids is 1. The van der Waals surface area contributed by atoms with Gasteiger partial charge in [-0.15, -0.1) is 0 Å². The number of phenolic OH excluding ortho intramolecular Hbond substituents is 1. The monoisotopic (exact) mass is 301 g/mol. The molecule has 1 aromatic rings. The highest BCUT2D eigenvalue weighted by atomic mass is 79.9. The summed E-state index contributed by atoms with van der Waals surface area (Å²) in [6.45, 7) is 2.55. The second-order valence-corrected chi connectivity index (χ2v) is 4.89. The fraction of sp³-hybridized carbons (Fsp3) is 0.417. The summed E-state index contributed by atoms with van der Waals surface area (Å²) in [6.07, 6.45) is 0.925. The summed E-state index contributed by atoms with van der Waals surface area (Å²) < 4.78 is 4.95. The molecule has 0 spiro atoms. The molecule has 0 saturated carbocycles. The van der Waals surface area contributed by atoms with Gasteiger partial charge in [0.2, 0.25) is 0 Å². The van der Waals surface area contributed by atoms with Crippen LogP contribution in [0.1, 0.15) is 23.7 Å². The van der Waals surface area contributed by atoms with Gasteiger partial charge in [0.1, 0.15) is 11.5 Å². The number of phenols is 1. The fourth-order valence-electron chi connectivity index (χ4n) is 1.27. The topological polar surface area (TPSA) is 58.6 Å². The lowest BCUT2D eigenvalue weighted by Gasteiger charge is -2.10. The zero-order valence-corrected chi connectivity index (χ0v) is 11.5. The molecular weight excluding hydrogens is 286 g/mol. The summed E-state index contributed by atoms with van der Waals surface area (Å²) in [7, 11) is 1.51. The van der Waals surface area contributed by atoms with Gasteiger partial charge in [-0.05, 0) is 18.6 Å². The van der Waals surface area contributed by atoms with Crippen molar-refractivity contribution in [1.29, 1.82) is 0 Å². The molecule has 0 aliphatic carbocycles. The van der Waals surface area contributed by atoms with Gasteiger partial charge in [-0.1, -0.05) is 22.9 Å². The summed E-state index contributed by atoms with van der Waals surface area (Å²) in [5, 5.41) is 12.4. The number of aromatic hydroxyl groups is 1. The number of ether oxygens (including phenoxy) is 1. The average molecular weight is 302 g/mol. The van der Waals surface area contributed by atoms with E-state index in [0.717, 1.165) is 6.42 Å². The molecule has 0 aliphatic rings. The van der Waals surface area contributed by atoms with E-state index >= 15 is 0 Å². The zero-order valence-electron chi connectivity index (χ0n) is 9.87. The van der Waals surface area contributed by atoms with Crippen LogP contribution in [-0.2, 0) is 0 Å². The number of hydrogen-bond donors (Lipinski definition) is 2. The average Bonchev–Trinajstić information content (AvgIpc) is 2.35. The van der Waals surface area contributed by atoms with Crippen LogP contribution in [0.25, 0.3) is 0 Å². The van der Waals surface area contributed by atoms with Crippen molar-refractivity contribution in [1.82, 2.24) is 5.32 Å². The molecule has 5 heteroatoms. The Morgan fingerprint density at radius 2 is 2.29 bits per heavy atom. The summed E-state index contributed by atoms with van der Waals surface area (Å²) in [6, 6.07) is 4.60. The quantitative estimate of drug-likeness (QED) is 0.821. The van der Waals surface area contributed by atoms with Gasteiger partial charge in [-0.3, -0.25) is 4.79 Å². The number of methoxy groups -OCH3 is 1. The van der Waals surface area contributed by atoms with Crippen molar-refractivity contribution >= 4 is 21.8 Å². The molecular formula is C12H16BrNO3. The third kappa shape index (κ3) is 3.93. The zero-order chi connectivity index (χ0) is 12.8. The summed E-state index contributed by atoms with van der Waals surface area (Å²) >= 11 is 3.42. The Balaban J connectivity index is 2.69. The van der Waals surface area contributed by atoms with Crippen LogP contribution >= 0.6 is 15.9 Å². The highest BCUT2D eigenvalue weighted by Crippen LogP contribution is 2.23. The van der Waals surface area contributed by atoms with Gasteiger partial charge in [-0.25, -0.2) is 0 Å². The predicted molar refractivity (Wildman–Crippen MR) is 70.0 cm³/mol. The highest BCUT2D eigenvalue weighted by molar-refractivity contribution is 9.09. The lowest BCUT2D eigenvalue weighted by atomic mass is 10.1. The van der Waals surface area contributed by atoms with Gasteiger partial charge in [-0.2, -0.15) is 0 Å².